The lowest BCUT2D eigenvalue weighted by Gasteiger charge is -2.32. The number of hydrogen-bond donors (Lipinski definition) is 1. The van der Waals surface area contributed by atoms with Gasteiger partial charge in [0.25, 0.3) is 0 Å². The van der Waals surface area contributed by atoms with Crippen LogP contribution >= 0.6 is 0 Å². The van der Waals surface area contributed by atoms with E-state index in [1.807, 2.05) is 0 Å². The summed E-state index contributed by atoms with van der Waals surface area (Å²) in [6.45, 7) is 10.1. The summed E-state index contributed by atoms with van der Waals surface area (Å²) in [5.74, 6) is 0.971. The number of likely N-dealkylation sites (tertiary alicyclic amines) is 1. The van der Waals surface area contributed by atoms with E-state index >= 15 is 0 Å². The Hall–Kier alpha value is -0.120. The molecule has 0 aliphatic carbocycles. The van der Waals surface area contributed by atoms with E-state index in [1.54, 1.807) is 0 Å². The van der Waals surface area contributed by atoms with Crippen LogP contribution in [0.3, 0.4) is 0 Å². The number of morpholine rings is 1. The van der Waals surface area contributed by atoms with Crippen LogP contribution in [0.2, 0.25) is 0 Å². The molecule has 1 N–H and O–H groups in total. The first-order valence-electron chi connectivity index (χ1n) is 7.84. The van der Waals surface area contributed by atoms with E-state index in [0.717, 1.165) is 25.7 Å². The second-order valence-electron chi connectivity index (χ2n) is 6.05. The lowest BCUT2D eigenvalue weighted by atomic mass is 9.98. The first-order valence-corrected chi connectivity index (χ1v) is 7.84. The predicted molar refractivity (Wildman–Crippen MR) is 75.9 cm³/mol. The standard InChI is InChI=1S/C15H30N2O/c1-3-14-5-4-8-17(9-6-14)13(2)11-15-12-18-10-7-16-15/h13-16H,3-12H2,1-2H3. The fourth-order valence-electron chi connectivity index (χ4n) is 3.37. The Labute approximate surface area is 112 Å². The van der Waals surface area contributed by atoms with Gasteiger partial charge < -0.3 is 15.0 Å². The van der Waals surface area contributed by atoms with E-state index < -0.39 is 0 Å². The Morgan fingerprint density at radius 2 is 2.22 bits per heavy atom. The summed E-state index contributed by atoms with van der Waals surface area (Å²) < 4.78 is 5.55. The van der Waals surface area contributed by atoms with Gasteiger partial charge in [-0.1, -0.05) is 13.3 Å². The molecule has 2 heterocycles. The zero-order chi connectivity index (χ0) is 12.8. The fourth-order valence-corrected chi connectivity index (χ4v) is 3.37. The number of nitrogens with zero attached hydrogens (tertiary/aromatic N) is 1. The summed E-state index contributed by atoms with van der Waals surface area (Å²) in [6.07, 6.45) is 6.81. The number of rotatable bonds is 4. The van der Waals surface area contributed by atoms with Crippen LogP contribution in [-0.2, 0) is 4.74 Å². The third-order valence-electron chi connectivity index (χ3n) is 4.71. The largest absolute Gasteiger partial charge is 0.379 e. The van der Waals surface area contributed by atoms with Crippen molar-refractivity contribution in [2.24, 2.45) is 5.92 Å². The molecule has 0 saturated carbocycles. The van der Waals surface area contributed by atoms with Crippen molar-refractivity contribution in [2.75, 3.05) is 32.8 Å². The van der Waals surface area contributed by atoms with Gasteiger partial charge in [0.15, 0.2) is 0 Å². The smallest absolute Gasteiger partial charge is 0.0620 e. The molecule has 3 unspecified atom stereocenters. The first-order chi connectivity index (χ1) is 8.79. The van der Waals surface area contributed by atoms with Crippen LogP contribution in [0.5, 0.6) is 0 Å². The maximum atomic E-state index is 5.55. The molecule has 2 fully saturated rings. The lowest BCUT2D eigenvalue weighted by Crippen LogP contribution is -2.46. The third kappa shape index (κ3) is 4.22. The van der Waals surface area contributed by atoms with Gasteiger partial charge in [-0.3, -0.25) is 0 Å². The van der Waals surface area contributed by atoms with Gasteiger partial charge in [0, 0.05) is 18.6 Å². The minimum atomic E-state index is 0.568. The second kappa shape index (κ2) is 7.46. The van der Waals surface area contributed by atoms with Crippen LogP contribution in [-0.4, -0.2) is 49.8 Å². The minimum absolute atomic E-state index is 0.568. The summed E-state index contributed by atoms with van der Waals surface area (Å²) in [5.41, 5.74) is 0. The van der Waals surface area contributed by atoms with E-state index in [4.69, 9.17) is 4.74 Å². The molecule has 2 aliphatic heterocycles. The van der Waals surface area contributed by atoms with Crippen molar-refractivity contribution in [3.63, 3.8) is 0 Å². The van der Waals surface area contributed by atoms with E-state index in [0.29, 0.717) is 12.1 Å². The normalized spacial score (nSPS) is 33.0. The molecule has 0 radical (unpaired) electrons. The molecule has 0 aromatic heterocycles. The molecule has 106 valence electrons. The van der Waals surface area contributed by atoms with Gasteiger partial charge in [-0.25, -0.2) is 0 Å². The number of hydrogen-bond acceptors (Lipinski definition) is 3. The highest BCUT2D eigenvalue weighted by Gasteiger charge is 2.23. The predicted octanol–water partition coefficient (Wildman–Crippen LogP) is 2.27. The maximum Gasteiger partial charge on any atom is 0.0620 e. The van der Waals surface area contributed by atoms with Gasteiger partial charge in [0.2, 0.25) is 0 Å². The maximum absolute atomic E-state index is 5.55. The fraction of sp³-hybridized carbons (Fsp3) is 1.00. The highest BCUT2D eigenvalue weighted by atomic mass is 16.5. The molecule has 3 nitrogen and oxygen atoms in total. The highest BCUT2D eigenvalue weighted by molar-refractivity contribution is 4.79. The van der Waals surface area contributed by atoms with Crippen molar-refractivity contribution in [3.05, 3.63) is 0 Å². The highest BCUT2D eigenvalue weighted by Crippen LogP contribution is 2.22. The van der Waals surface area contributed by atoms with Crippen molar-refractivity contribution in [2.45, 2.75) is 58.0 Å². The molecular formula is C15H30N2O. The number of ether oxygens (including phenoxy) is 1. The summed E-state index contributed by atoms with van der Waals surface area (Å²) in [6, 6.07) is 1.26. The van der Waals surface area contributed by atoms with Crippen LogP contribution in [0.4, 0.5) is 0 Å². The average Bonchev–Trinajstić information content (AvgIpc) is 2.65. The third-order valence-corrected chi connectivity index (χ3v) is 4.71. The first kappa shape index (κ1) is 14.3. The van der Waals surface area contributed by atoms with Gasteiger partial charge in [-0.2, -0.15) is 0 Å². The van der Waals surface area contributed by atoms with Crippen molar-refractivity contribution in [1.29, 1.82) is 0 Å². The van der Waals surface area contributed by atoms with Gasteiger partial charge in [0.05, 0.1) is 13.2 Å². The van der Waals surface area contributed by atoms with E-state index in [9.17, 15) is 0 Å². The van der Waals surface area contributed by atoms with Gasteiger partial charge >= 0.3 is 0 Å². The van der Waals surface area contributed by atoms with Crippen molar-refractivity contribution in [1.82, 2.24) is 10.2 Å². The summed E-state index contributed by atoms with van der Waals surface area (Å²) in [4.78, 5) is 2.70. The molecule has 0 spiro atoms. The zero-order valence-corrected chi connectivity index (χ0v) is 12.2. The Bertz CT molecular complexity index is 229. The SMILES string of the molecule is CCC1CCCN(C(C)CC2COCCN2)CC1. The monoisotopic (exact) mass is 254 g/mol. The van der Waals surface area contributed by atoms with Crippen molar-refractivity contribution < 1.29 is 4.74 Å². The van der Waals surface area contributed by atoms with Crippen LogP contribution in [0.1, 0.15) is 46.0 Å². The Morgan fingerprint density at radius 1 is 1.33 bits per heavy atom. The van der Waals surface area contributed by atoms with Gasteiger partial charge in [0.1, 0.15) is 0 Å². The minimum Gasteiger partial charge on any atom is -0.379 e. The Kier molecular flexibility index (Phi) is 5.93. The average molecular weight is 254 g/mol. The molecule has 0 aromatic carbocycles. The molecule has 2 saturated heterocycles. The lowest BCUT2D eigenvalue weighted by molar-refractivity contribution is 0.0621. The molecule has 2 rings (SSSR count). The van der Waals surface area contributed by atoms with E-state index in [1.165, 1.54) is 45.2 Å². The van der Waals surface area contributed by atoms with Crippen LogP contribution < -0.4 is 5.32 Å². The molecule has 2 aliphatic rings. The molecular weight excluding hydrogens is 224 g/mol. The quantitative estimate of drug-likeness (QED) is 0.833. The summed E-state index contributed by atoms with van der Waals surface area (Å²) in [7, 11) is 0. The molecule has 0 aromatic rings. The van der Waals surface area contributed by atoms with Crippen LogP contribution in [0, 0.1) is 5.92 Å². The zero-order valence-electron chi connectivity index (χ0n) is 12.2. The second-order valence-corrected chi connectivity index (χ2v) is 6.05. The van der Waals surface area contributed by atoms with Gasteiger partial charge in [-0.05, 0) is 51.6 Å². The topological polar surface area (TPSA) is 24.5 Å². The summed E-state index contributed by atoms with van der Waals surface area (Å²) >= 11 is 0. The Balaban J connectivity index is 1.75. The van der Waals surface area contributed by atoms with Crippen molar-refractivity contribution in [3.8, 4) is 0 Å². The molecule has 0 amide bonds. The van der Waals surface area contributed by atoms with Crippen molar-refractivity contribution >= 4 is 0 Å². The van der Waals surface area contributed by atoms with Crippen LogP contribution in [0.15, 0.2) is 0 Å². The Morgan fingerprint density at radius 3 is 2.94 bits per heavy atom. The van der Waals surface area contributed by atoms with E-state index in [2.05, 4.69) is 24.1 Å². The summed E-state index contributed by atoms with van der Waals surface area (Å²) in [5, 5.41) is 3.57. The molecule has 3 heteroatoms. The number of nitrogens with one attached hydrogen (secondary N) is 1. The molecule has 0 bridgehead atoms. The molecule has 3 atom stereocenters. The van der Waals surface area contributed by atoms with E-state index in [-0.39, 0.29) is 0 Å². The molecule has 18 heavy (non-hydrogen) atoms. The van der Waals surface area contributed by atoms with Crippen LogP contribution in [0.25, 0.3) is 0 Å². The van der Waals surface area contributed by atoms with Gasteiger partial charge in [-0.15, -0.1) is 0 Å².